The Kier molecular flexibility index (Phi) is 8.06. The first-order valence-electron chi connectivity index (χ1n) is 12.4. The third kappa shape index (κ3) is 6.02. The van der Waals surface area contributed by atoms with Gasteiger partial charge in [0.05, 0.1) is 48.6 Å². The summed E-state index contributed by atoms with van der Waals surface area (Å²) in [6, 6.07) is 3.40. The summed E-state index contributed by atoms with van der Waals surface area (Å²) in [7, 11) is 1.51. The molecule has 5 rings (SSSR count). The molecule has 206 valence electrons. The van der Waals surface area contributed by atoms with Crippen molar-refractivity contribution >= 4 is 39.9 Å². The largest absolute Gasteiger partial charge is 0.494 e. The minimum atomic E-state index is -2.84. The second-order valence-corrected chi connectivity index (χ2v) is 11.0. The van der Waals surface area contributed by atoms with E-state index in [1.807, 2.05) is 6.92 Å². The number of amides is 2. The van der Waals surface area contributed by atoms with Crippen molar-refractivity contribution in [2.45, 2.75) is 58.4 Å². The molecule has 2 amide bonds. The lowest BCUT2D eigenvalue weighted by Crippen LogP contribution is -2.37. The average molecular weight is 578 g/mol. The van der Waals surface area contributed by atoms with Gasteiger partial charge in [-0.1, -0.05) is 29.4 Å². The number of carbonyl (C=O) groups excluding carboxylic acids is 2. The second kappa shape index (κ2) is 11.5. The van der Waals surface area contributed by atoms with Crippen LogP contribution in [0.5, 0.6) is 5.75 Å². The van der Waals surface area contributed by atoms with Crippen LogP contribution in [0, 0.1) is 12.8 Å². The summed E-state index contributed by atoms with van der Waals surface area (Å²) in [6.07, 6.45) is 4.53. The smallest absolute Gasteiger partial charge is 0.345 e. The van der Waals surface area contributed by atoms with Crippen LogP contribution < -0.4 is 10.1 Å². The first-order valence-corrected chi connectivity index (χ1v) is 13.6. The third-order valence-electron chi connectivity index (χ3n) is 6.89. The number of anilines is 1. The van der Waals surface area contributed by atoms with Gasteiger partial charge in [-0.05, 0) is 38.3 Å². The van der Waals surface area contributed by atoms with Gasteiger partial charge in [0.25, 0.3) is 5.91 Å². The zero-order valence-corrected chi connectivity index (χ0v) is 22.8. The molecule has 1 saturated carbocycles. The minimum absolute atomic E-state index is 0.0753. The quantitative estimate of drug-likeness (QED) is 0.371. The number of methoxy groups -OCH3 is 1. The van der Waals surface area contributed by atoms with Gasteiger partial charge in [0, 0.05) is 28.9 Å². The summed E-state index contributed by atoms with van der Waals surface area (Å²) >= 11 is 7.42. The molecule has 0 radical (unpaired) electrons. The molecular formula is C26H26ClF2N5O4S. The summed E-state index contributed by atoms with van der Waals surface area (Å²) in [6.45, 7) is -0.348. The van der Waals surface area contributed by atoms with Crippen LogP contribution in [0.25, 0.3) is 11.1 Å². The van der Waals surface area contributed by atoms with Gasteiger partial charge in [-0.2, -0.15) is 8.78 Å². The number of aromatic nitrogens is 3. The van der Waals surface area contributed by atoms with E-state index in [-0.39, 0.29) is 17.0 Å². The summed E-state index contributed by atoms with van der Waals surface area (Å²) in [4.78, 5) is 41.8. The van der Waals surface area contributed by atoms with E-state index in [9.17, 15) is 18.4 Å². The second-order valence-electron chi connectivity index (χ2n) is 9.50. The van der Waals surface area contributed by atoms with Crippen molar-refractivity contribution in [1.82, 2.24) is 19.9 Å². The SMILES string of the molecule is COc1cnc(Cl)cc1-c1cc(C)ncc1C(=O)Nc1nc2c(s1)CN(C(=O)C1CCCC(OC(F)F)C1)C2. The fraction of sp³-hybridized carbons (Fsp3) is 0.423. The highest BCUT2D eigenvalue weighted by molar-refractivity contribution is 7.16. The molecule has 0 saturated heterocycles. The standard InChI is InChI=1S/C26H26ClF2N5O4S/c1-13-6-16(17-8-22(27)31-10-20(17)37-2)18(9-30-13)23(35)33-26-32-19-11-34(12-21(19)39-26)24(36)14-4-3-5-15(7-14)38-25(28)29/h6,8-10,14-15,25H,3-5,7,11-12H2,1-2H3,(H,32,33,35). The van der Waals surface area contributed by atoms with Gasteiger partial charge in [-0.3, -0.25) is 19.9 Å². The van der Waals surface area contributed by atoms with Crippen LogP contribution in [-0.4, -0.2) is 51.5 Å². The number of rotatable bonds is 7. The number of aryl methyl sites for hydroxylation is 1. The van der Waals surface area contributed by atoms with Gasteiger partial charge in [-0.15, -0.1) is 0 Å². The molecule has 1 aliphatic heterocycles. The normalized spacial score (nSPS) is 18.8. The summed E-state index contributed by atoms with van der Waals surface area (Å²) < 4.78 is 35.3. The Morgan fingerprint density at radius 2 is 2.00 bits per heavy atom. The topological polar surface area (TPSA) is 107 Å². The molecule has 2 unspecified atom stereocenters. The number of fused-ring (bicyclic) bond motifs is 1. The monoisotopic (exact) mass is 577 g/mol. The van der Waals surface area contributed by atoms with Gasteiger partial charge in [-0.25, -0.2) is 9.97 Å². The van der Waals surface area contributed by atoms with E-state index in [1.54, 1.807) is 17.0 Å². The lowest BCUT2D eigenvalue weighted by molar-refractivity contribution is -0.176. The molecule has 3 aromatic heterocycles. The van der Waals surface area contributed by atoms with Gasteiger partial charge >= 0.3 is 6.61 Å². The first kappa shape index (κ1) is 27.4. The number of ether oxygens (including phenoxy) is 2. The van der Waals surface area contributed by atoms with Crippen molar-refractivity contribution in [3.05, 3.63) is 51.5 Å². The highest BCUT2D eigenvalue weighted by Gasteiger charge is 2.35. The highest BCUT2D eigenvalue weighted by Crippen LogP contribution is 2.37. The number of thiazole rings is 1. The maximum Gasteiger partial charge on any atom is 0.345 e. The van der Waals surface area contributed by atoms with Gasteiger partial charge in [0.15, 0.2) is 5.13 Å². The Labute approximate surface area is 232 Å². The Morgan fingerprint density at radius 1 is 1.18 bits per heavy atom. The van der Waals surface area contributed by atoms with Crippen LogP contribution >= 0.6 is 22.9 Å². The number of alkyl halides is 2. The Morgan fingerprint density at radius 3 is 2.74 bits per heavy atom. The van der Waals surface area contributed by atoms with Crippen molar-refractivity contribution < 1.29 is 27.8 Å². The van der Waals surface area contributed by atoms with Crippen molar-refractivity contribution in [2.75, 3.05) is 12.4 Å². The van der Waals surface area contributed by atoms with Crippen LogP contribution in [0.15, 0.2) is 24.5 Å². The third-order valence-corrected chi connectivity index (χ3v) is 8.09. The van der Waals surface area contributed by atoms with E-state index in [2.05, 4.69) is 25.0 Å². The average Bonchev–Trinajstić information content (AvgIpc) is 3.46. The predicted octanol–water partition coefficient (Wildman–Crippen LogP) is 5.46. The number of nitrogens with zero attached hydrogens (tertiary/aromatic N) is 4. The number of hydrogen-bond acceptors (Lipinski definition) is 8. The molecule has 0 spiro atoms. The lowest BCUT2D eigenvalue weighted by Gasteiger charge is -2.30. The number of halogens is 3. The molecule has 9 nitrogen and oxygen atoms in total. The number of pyridine rings is 2. The van der Waals surface area contributed by atoms with Crippen LogP contribution in [0.1, 0.15) is 52.3 Å². The fourth-order valence-electron chi connectivity index (χ4n) is 5.06. The minimum Gasteiger partial charge on any atom is -0.494 e. The van der Waals surface area contributed by atoms with E-state index < -0.39 is 18.6 Å². The maximum atomic E-state index is 13.3. The van der Waals surface area contributed by atoms with Crippen molar-refractivity contribution in [2.24, 2.45) is 5.92 Å². The number of hydrogen-bond donors (Lipinski definition) is 1. The molecular weight excluding hydrogens is 552 g/mol. The van der Waals surface area contributed by atoms with Gasteiger partial charge < -0.3 is 14.4 Å². The molecule has 39 heavy (non-hydrogen) atoms. The molecule has 2 aliphatic rings. The van der Waals surface area contributed by atoms with E-state index in [0.29, 0.717) is 77.7 Å². The van der Waals surface area contributed by atoms with Gasteiger partial charge in [0.1, 0.15) is 10.9 Å². The summed E-state index contributed by atoms with van der Waals surface area (Å²) in [5.41, 5.74) is 2.92. The van der Waals surface area contributed by atoms with Crippen LogP contribution in [0.4, 0.5) is 13.9 Å². The van der Waals surface area contributed by atoms with Crippen LogP contribution in [0.3, 0.4) is 0 Å². The molecule has 1 fully saturated rings. The molecule has 0 bridgehead atoms. The Balaban J connectivity index is 1.28. The molecule has 0 aromatic carbocycles. The zero-order valence-electron chi connectivity index (χ0n) is 21.2. The van der Waals surface area contributed by atoms with Crippen molar-refractivity contribution in [3.63, 3.8) is 0 Å². The molecule has 1 aliphatic carbocycles. The van der Waals surface area contributed by atoms with Crippen molar-refractivity contribution in [1.29, 1.82) is 0 Å². The Bertz CT molecular complexity index is 1380. The molecule has 2 atom stereocenters. The maximum absolute atomic E-state index is 13.3. The zero-order chi connectivity index (χ0) is 27.7. The summed E-state index contributed by atoms with van der Waals surface area (Å²) in [5, 5.41) is 3.51. The molecule has 13 heteroatoms. The number of carbonyl (C=O) groups is 2. The Hall–Kier alpha value is -3.22. The number of nitrogens with one attached hydrogen (secondary N) is 1. The predicted molar refractivity (Wildman–Crippen MR) is 141 cm³/mol. The fourth-order valence-corrected chi connectivity index (χ4v) is 6.20. The van der Waals surface area contributed by atoms with Gasteiger partial charge in [0.2, 0.25) is 5.91 Å². The first-order chi connectivity index (χ1) is 18.7. The van der Waals surface area contributed by atoms with Crippen LogP contribution in [-0.2, 0) is 22.6 Å². The molecule has 1 N–H and O–H groups in total. The van der Waals surface area contributed by atoms with Crippen LogP contribution in [0.2, 0.25) is 5.15 Å². The molecule has 4 heterocycles. The lowest BCUT2D eigenvalue weighted by atomic mass is 9.86. The van der Waals surface area contributed by atoms with Crippen molar-refractivity contribution in [3.8, 4) is 16.9 Å². The summed E-state index contributed by atoms with van der Waals surface area (Å²) in [5.74, 6) is -0.363. The van der Waals surface area contributed by atoms with E-state index >= 15 is 0 Å². The van der Waals surface area contributed by atoms with E-state index in [1.165, 1.54) is 30.8 Å². The van der Waals surface area contributed by atoms with E-state index in [0.717, 1.165) is 4.88 Å². The molecule has 3 aromatic rings. The highest BCUT2D eigenvalue weighted by atomic mass is 35.5. The van der Waals surface area contributed by atoms with E-state index in [4.69, 9.17) is 16.3 Å².